The lowest BCUT2D eigenvalue weighted by molar-refractivity contribution is 0.0670. The van der Waals surface area contributed by atoms with Crippen molar-refractivity contribution in [2.45, 2.75) is 25.5 Å². The van der Waals surface area contributed by atoms with E-state index in [2.05, 4.69) is 10.3 Å². The lowest BCUT2D eigenvalue weighted by Crippen LogP contribution is -2.27. The second-order valence-electron chi connectivity index (χ2n) is 5.50. The zero-order valence-electron chi connectivity index (χ0n) is 13.0. The fourth-order valence-corrected chi connectivity index (χ4v) is 2.55. The Labute approximate surface area is 135 Å². The molecular formula is C17H21N3O3. The molecule has 1 saturated heterocycles. The van der Waals surface area contributed by atoms with Crippen LogP contribution in [0.25, 0.3) is 0 Å². The molecule has 0 spiro atoms. The van der Waals surface area contributed by atoms with Crippen LogP contribution in [0.3, 0.4) is 0 Å². The molecule has 1 aromatic heterocycles. The second kappa shape index (κ2) is 7.78. The predicted molar refractivity (Wildman–Crippen MR) is 85.5 cm³/mol. The summed E-state index contributed by atoms with van der Waals surface area (Å²) in [5.41, 5.74) is 0.552. The summed E-state index contributed by atoms with van der Waals surface area (Å²) in [6.07, 6.45) is 7.53. The molecule has 3 rings (SSSR count). The first-order valence-electron chi connectivity index (χ1n) is 7.90. The van der Waals surface area contributed by atoms with E-state index in [1.165, 1.54) is 0 Å². The Balaban J connectivity index is 1.54. The minimum Gasteiger partial charge on any atom is -0.490 e. The smallest absolute Gasteiger partial charge is 0.255 e. The number of imidazole rings is 1. The third-order valence-electron chi connectivity index (χ3n) is 3.80. The van der Waals surface area contributed by atoms with Crippen molar-refractivity contribution in [2.24, 2.45) is 0 Å². The Bertz CT molecular complexity index is 622. The van der Waals surface area contributed by atoms with E-state index in [1.54, 1.807) is 18.6 Å². The van der Waals surface area contributed by atoms with Crippen LogP contribution < -0.4 is 10.1 Å². The predicted octanol–water partition coefficient (Wildman–Crippen LogP) is 1.87. The highest BCUT2D eigenvalue weighted by atomic mass is 16.5. The first-order chi connectivity index (χ1) is 11.3. The molecule has 1 fully saturated rings. The van der Waals surface area contributed by atoms with Gasteiger partial charge in [-0.3, -0.25) is 4.79 Å². The van der Waals surface area contributed by atoms with Gasteiger partial charge in [0.05, 0.1) is 18.0 Å². The maximum Gasteiger partial charge on any atom is 0.255 e. The molecule has 0 unspecified atom stereocenters. The quantitative estimate of drug-likeness (QED) is 0.847. The van der Waals surface area contributed by atoms with E-state index in [0.717, 1.165) is 19.4 Å². The van der Waals surface area contributed by atoms with Crippen LogP contribution in [-0.4, -0.2) is 41.3 Å². The first kappa shape index (κ1) is 15.6. The molecule has 23 heavy (non-hydrogen) atoms. The molecule has 1 atom stereocenters. The number of carbonyl (C=O) groups is 1. The van der Waals surface area contributed by atoms with Crippen molar-refractivity contribution < 1.29 is 14.3 Å². The van der Waals surface area contributed by atoms with E-state index in [0.29, 0.717) is 31.0 Å². The van der Waals surface area contributed by atoms with Gasteiger partial charge in [0, 0.05) is 32.1 Å². The van der Waals surface area contributed by atoms with Gasteiger partial charge in [-0.25, -0.2) is 4.98 Å². The molecule has 0 bridgehead atoms. The number of hydrogen-bond donors (Lipinski definition) is 1. The van der Waals surface area contributed by atoms with Gasteiger partial charge in [0.2, 0.25) is 0 Å². The monoisotopic (exact) mass is 315 g/mol. The molecule has 122 valence electrons. The number of aromatic nitrogens is 2. The van der Waals surface area contributed by atoms with E-state index in [9.17, 15) is 4.79 Å². The number of ether oxygens (including phenoxy) is 2. The minimum absolute atomic E-state index is 0.131. The van der Waals surface area contributed by atoms with Crippen LogP contribution in [0.15, 0.2) is 43.0 Å². The van der Waals surface area contributed by atoms with E-state index in [-0.39, 0.29) is 12.0 Å². The number of nitrogens with zero attached hydrogens (tertiary/aromatic N) is 2. The molecule has 1 aliphatic heterocycles. The van der Waals surface area contributed by atoms with Crippen molar-refractivity contribution in [3.05, 3.63) is 48.5 Å². The summed E-state index contributed by atoms with van der Waals surface area (Å²) >= 11 is 0. The largest absolute Gasteiger partial charge is 0.490 e. The number of amides is 1. The summed E-state index contributed by atoms with van der Waals surface area (Å²) in [7, 11) is 0. The number of benzene rings is 1. The molecular weight excluding hydrogens is 294 g/mol. The molecule has 0 radical (unpaired) electrons. The number of hydrogen-bond acceptors (Lipinski definition) is 4. The molecule has 2 heterocycles. The lowest BCUT2D eigenvalue weighted by atomic mass is 10.2. The van der Waals surface area contributed by atoms with Crippen LogP contribution in [0.5, 0.6) is 5.75 Å². The van der Waals surface area contributed by atoms with Crippen molar-refractivity contribution in [3.63, 3.8) is 0 Å². The molecule has 0 aliphatic carbocycles. The first-order valence-corrected chi connectivity index (χ1v) is 7.90. The van der Waals surface area contributed by atoms with Crippen LogP contribution in [0, 0.1) is 0 Å². The molecule has 6 heteroatoms. The Morgan fingerprint density at radius 1 is 1.43 bits per heavy atom. The number of carbonyl (C=O) groups excluding carboxylic acids is 1. The van der Waals surface area contributed by atoms with Crippen LogP contribution >= 0.6 is 0 Å². The van der Waals surface area contributed by atoms with Gasteiger partial charge >= 0.3 is 0 Å². The molecule has 1 aliphatic rings. The van der Waals surface area contributed by atoms with E-state index in [4.69, 9.17) is 9.47 Å². The van der Waals surface area contributed by atoms with Gasteiger partial charge in [0.15, 0.2) is 0 Å². The van der Waals surface area contributed by atoms with Crippen LogP contribution in [0.1, 0.15) is 23.2 Å². The number of para-hydroxylation sites is 1. The second-order valence-corrected chi connectivity index (χ2v) is 5.50. The third kappa shape index (κ3) is 4.32. The standard InChI is InChI=1S/C17H21N3O3/c21-17(19-8-10-20-9-7-18-13-20)15-5-1-2-6-16(15)23-12-14-4-3-11-22-14/h1-2,5-7,9,13-14H,3-4,8,10-12H2,(H,19,21)/t14-/m1/s1. The zero-order chi connectivity index (χ0) is 15.9. The summed E-state index contributed by atoms with van der Waals surface area (Å²) in [5.74, 6) is 0.469. The highest BCUT2D eigenvalue weighted by Gasteiger charge is 2.18. The maximum absolute atomic E-state index is 12.3. The van der Waals surface area contributed by atoms with Crippen molar-refractivity contribution in [3.8, 4) is 5.75 Å². The molecule has 6 nitrogen and oxygen atoms in total. The molecule has 0 saturated carbocycles. The average molecular weight is 315 g/mol. The lowest BCUT2D eigenvalue weighted by Gasteiger charge is -2.14. The van der Waals surface area contributed by atoms with E-state index >= 15 is 0 Å². The van der Waals surface area contributed by atoms with Gasteiger partial charge in [0.1, 0.15) is 12.4 Å². The highest BCUT2D eigenvalue weighted by molar-refractivity contribution is 5.96. The Hall–Kier alpha value is -2.34. The van der Waals surface area contributed by atoms with Gasteiger partial charge in [-0.2, -0.15) is 0 Å². The Kier molecular flexibility index (Phi) is 5.26. The summed E-state index contributed by atoms with van der Waals surface area (Å²) in [4.78, 5) is 16.3. The fourth-order valence-electron chi connectivity index (χ4n) is 2.55. The molecule has 2 aromatic rings. The van der Waals surface area contributed by atoms with E-state index < -0.39 is 0 Å². The number of rotatable bonds is 7. The van der Waals surface area contributed by atoms with E-state index in [1.807, 2.05) is 29.0 Å². The Morgan fingerprint density at radius 3 is 3.13 bits per heavy atom. The summed E-state index contributed by atoms with van der Waals surface area (Å²) in [6, 6.07) is 7.30. The molecule has 1 N–H and O–H groups in total. The van der Waals surface area contributed by atoms with Crippen LogP contribution in [-0.2, 0) is 11.3 Å². The molecule has 1 amide bonds. The van der Waals surface area contributed by atoms with Gasteiger partial charge in [0.25, 0.3) is 5.91 Å². The van der Waals surface area contributed by atoms with Gasteiger partial charge < -0.3 is 19.4 Å². The number of nitrogens with one attached hydrogen (secondary N) is 1. The normalized spacial score (nSPS) is 17.1. The third-order valence-corrected chi connectivity index (χ3v) is 3.80. The summed E-state index contributed by atoms with van der Waals surface area (Å²) in [5, 5.41) is 2.91. The zero-order valence-corrected chi connectivity index (χ0v) is 13.0. The van der Waals surface area contributed by atoms with Gasteiger partial charge in [-0.15, -0.1) is 0 Å². The summed E-state index contributed by atoms with van der Waals surface area (Å²) in [6.45, 7) is 2.50. The van der Waals surface area contributed by atoms with Gasteiger partial charge in [-0.1, -0.05) is 12.1 Å². The average Bonchev–Trinajstić information content (AvgIpc) is 3.27. The van der Waals surface area contributed by atoms with Crippen molar-refractivity contribution in [1.82, 2.24) is 14.9 Å². The van der Waals surface area contributed by atoms with Crippen molar-refractivity contribution >= 4 is 5.91 Å². The minimum atomic E-state index is -0.131. The summed E-state index contributed by atoms with van der Waals surface area (Å²) < 4.78 is 13.3. The topological polar surface area (TPSA) is 65.4 Å². The van der Waals surface area contributed by atoms with Crippen LogP contribution in [0.2, 0.25) is 0 Å². The highest BCUT2D eigenvalue weighted by Crippen LogP contribution is 2.20. The fraction of sp³-hybridized carbons (Fsp3) is 0.412. The molecule has 1 aromatic carbocycles. The maximum atomic E-state index is 12.3. The van der Waals surface area contributed by atoms with Crippen LogP contribution in [0.4, 0.5) is 0 Å². The van der Waals surface area contributed by atoms with Crippen molar-refractivity contribution in [1.29, 1.82) is 0 Å². The SMILES string of the molecule is O=C(NCCn1ccnc1)c1ccccc1OC[C@H]1CCCO1. The van der Waals surface area contributed by atoms with Crippen molar-refractivity contribution in [2.75, 3.05) is 19.8 Å². The van der Waals surface area contributed by atoms with Gasteiger partial charge in [-0.05, 0) is 25.0 Å². The Morgan fingerprint density at radius 2 is 2.35 bits per heavy atom.